The molecule has 0 unspecified atom stereocenters. The van der Waals surface area contributed by atoms with Crippen molar-refractivity contribution >= 4 is 33.2 Å². The molecule has 1 aromatic carbocycles. The van der Waals surface area contributed by atoms with E-state index in [9.17, 15) is 0 Å². The molecule has 0 spiro atoms. The van der Waals surface area contributed by atoms with Gasteiger partial charge in [-0.25, -0.2) is 0 Å². The Morgan fingerprint density at radius 3 is 2.76 bits per heavy atom. The lowest BCUT2D eigenvalue weighted by molar-refractivity contribution is 0.132. The molecule has 0 atom stereocenters. The van der Waals surface area contributed by atoms with E-state index in [4.69, 9.17) is 16.3 Å². The van der Waals surface area contributed by atoms with Crippen molar-refractivity contribution in [3.05, 3.63) is 27.7 Å². The number of hydrogen-bond donors (Lipinski definition) is 1. The van der Waals surface area contributed by atoms with Crippen molar-refractivity contribution < 1.29 is 4.74 Å². The molecule has 0 saturated carbocycles. The molecule has 0 amide bonds. The fourth-order valence-corrected chi connectivity index (χ4v) is 1.72. The Bertz CT molecular complexity index is 344. The Balaban J connectivity index is 2.16. The van der Waals surface area contributed by atoms with Crippen LogP contribution < -0.4 is 5.32 Å². The van der Waals surface area contributed by atoms with E-state index in [2.05, 4.69) is 35.1 Å². The molecule has 2 nitrogen and oxygen atoms in total. The number of ether oxygens (including phenoxy) is 1. The lowest BCUT2D eigenvalue weighted by atomic mass is 10.1. The number of nitrogens with one attached hydrogen (secondary N) is 1. The van der Waals surface area contributed by atoms with Crippen molar-refractivity contribution in [3.8, 4) is 0 Å². The minimum absolute atomic E-state index is 0.702. The largest absolute Gasteiger partial charge is 0.383 e. The third-order valence-electron chi connectivity index (χ3n) is 2.33. The normalized spacial score (nSPS) is 10.9. The first-order valence-electron chi connectivity index (χ1n) is 5.86. The van der Waals surface area contributed by atoms with Crippen molar-refractivity contribution in [2.75, 3.05) is 25.1 Å². The van der Waals surface area contributed by atoms with Crippen LogP contribution in [0.4, 0.5) is 5.69 Å². The SMILES string of the molecule is CC(C)CCOCCNc1ccc(Br)c(Cl)c1. The standard InChI is InChI=1S/C13H19BrClNO/c1-10(2)5-7-17-8-6-16-11-3-4-12(14)13(15)9-11/h3-4,9-10,16H,5-8H2,1-2H3. The van der Waals surface area contributed by atoms with Gasteiger partial charge >= 0.3 is 0 Å². The molecule has 0 fully saturated rings. The second kappa shape index (κ2) is 7.96. The molecule has 0 aliphatic rings. The summed E-state index contributed by atoms with van der Waals surface area (Å²) in [5.74, 6) is 0.702. The summed E-state index contributed by atoms with van der Waals surface area (Å²) in [6.07, 6.45) is 1.12. The molecule has 0 aromatic heterocycles. The quantitative estimate of drug-likeness (QED) is 0.743. The van der Waals surface area contributed by atoms with E-state index < -0.39 is 0 Å². The van der Waals surface area contributed by atoms with Crippen molar-refractivity contribution in [2.24, 2.45) is 5.92 Å². The monoisotopic (exact) mass is 319 g/mol. The van der Waals surface area contributed by atoms with Gasteiger partial charge in [0, 0.05) is 23.3 Å². The lowest BCUT2D eigenvalue weighted by Gasteiger charge is -2.09. The summed E-state index contributed by atoms with van der Waals surface area (Å²) in [6, 6.07) is 5.83. The summed E-state index contributed by atoms with van der Waals surface area (Å²) in [7, 11) is 0. The van der Waals surface area contributed by atoms with E-state index in [1.54, 1.807) is 0 Å². The zero-order chi connectivity index (χ0) is 12.7. The van der Waals surface area contributed by atoms with Gasteiger partial charge in [0.15, 0.2) is 0 Å². The third-order valence-corrected chi connectivity index (χ3v) is 3.57. The maximum Gasteiger partial charge on any atom is 0.0639 e. The van der Waals surface area contributed by atoms with Gasteiger partial charge in [0.2, 0.25) is 0 Å². The second-order valence-electron chi connectivity index (χ2n) is 4.35. The molecule has 0 saturated heterocycles. The van der Waals surface area contributed by atoms with Gasteiger partial charge in [-0.15, -0.1) is 0 Å². The number of benzene rings is 1. The number of rotatable bonds is 7. The van der Waals surface area contributed by atoms with Crippen LogP contribution in [0.1, 0.15) is 20.3 Å². The highest BCUT2D eigenvalue weighted by molar-refractivity contribution is 9.10. The van der Waals surface area contributed by atoms with Gasteiger partial charge in [-0.3, -0.25) is 0 Å². The van der Waals surface area contributed by atoms with Gasteiger partial charge in [-0.2, -0.15) is 0 Å². The first-order valence-corrected chi connectivity index (χ1v) is 7.03. The zero-order valence-electron chi connectivity index (χ0n) is 10.3. The average Bonchev–Trinajstić information content (AvgIpc) is 2.27. The van der Waals surface area contributed by atoms with Crippen LogP contribution in [0, 0.1) is 5.92 Å². The van der Waals surface area contributed by atoms with E-state index >= 15 is 0 Å². The number of hydrogen-bond acceptors (Lipinski definition) is 2. The van der Waals surface area contributed by atoms with Gasteiger partial charge in [0.25, 0.3) is 0 Å². The van der Waals surface area contributed by atoms with Crippen LogP contribution in [0.3, 0.4) is 0 Å². The average molecular weight is 321 g/mol. The van der Waals surface area contributed by atoms with E-state index in [0.717, 1.165) is 41.4 Å². The predicted octanol–water partition coefficient (Wildman–Crippen LogP) is 4.58. The van der Waals surface area contributed by atoms with Crippen LogP contribution in [0.25, 0.3) is 0 Å². The summed E-state index contributed by atoms with van der Waals surface area (Å²) in [5, 5.41) is 3.99. The van der Waals surface area contributed by atoms with Crippen LogP contribution in [-0.2, 0) is 4.74 Å². The molecule has 0 aliphatic carbocycles. The van der Waals surface area contributed by atoms with Gasteiger partial charge < -0.3 is 10.1 Å². The van der Waals surface area contributed by atoms with Crippen LogP contribution in [0.5, 0.6) is 0 Å². The molecule has 0 bridgehead atoms. The lowest BCUT2D eigenvalue weighted by Crippen LogP contribution is -2.10. The third kappa shape index (κ3) is 6.29. The molecule has 0 heterocycles. The van der Waals surface area contributed by atoms with Crippen molar-refractivity contribution in [1.29, 1.82) is 0 Å². The molecule has 1 rings (SSSR count). The van der Waals surface area contributed by atoms with Gasteiger partial charge in [-0.05, 0) is 46.5 Å². The van der Waals surface area contributed by atoms with E-state index in [0.29, 0.717) is 5.92 Å². The first-order chi connectivity index (χ1) is 8.09. The molecule has 0 radical (unpaired) electrons. The van der Waals surface area contributed by atoms with E-state index in [-0.39, 0.29) is 0 Å². The summed E-state index contributed by atoms with van der Waals surface area (Å²) < 4.78 is 6.43. The molecule has 17 heavy (non-hydrogen) atoms. The summed E-state index contributed by atoms with van der Waals surface area (Å²) in [6.45, 7) is 6.76. The Kier molecular flexibility index (Phi) is 6.93. The van der Waals surface area contributed by atoms with Crippen molar-refractivity contribution in [2.45, 2.75) is 20.3 Å². The zero-order valence-corrected chi connectivity index (χ0v) is 12.6. The van der Waals surface area contributed by atoms with E-state index in [1.165, 1.54) is 0 Å². The fraction of sp³-hybridized carbons (Fsp3) is 0.538. The molecule has 1 aromatic rings. The molecule has 1 N–H and O–H groups in total. The fourth-order valence-electron chi connectivity index (χ4n) is 1.29. The van der Waals surface area contributed by atoms with Crippen LogP contribution >= 0.6 is 27.5 Å². The maximum absolute atomic E-state index is 5.99. The minimum Gasteiger partial charge on any atom is -0.383 e. The van der Waals surface area contributed by atoms with Crippen molar-refractivity contribution in [3.63, 3.8) is 0 Å². The highest BCUT2D eigenvalue weighted by Crippen LogP contribution is 2.25. The molecule has 96 valence electrons. The second-order valence-corrected chi connectivity index (χ2v) is 5.61. The summed E-state index contributed by atoms with van der Waals surface area (Å²) >= 11 is 9.35. The van der Waals surface area contributed by atoms with Gasteiger partial charge in [0.05, 0.1) is 11.6 Å². The van der Waals surface area contributed by atoms with Gasteiger partial charge in [0.1, 0.15) is 0 Å². The Morgan fingerprint density at radius 1 is 1.35 bits per heavy atom. The molecular formula is C13H19BrClNO. The molecule has 0 aliphatic heterocycles. The van der Waals surface area contributed by atoms with Gasteiger partial charge in [-0.1, -0.05) is 25.4 Å². The Hall–Kier alpha value is -0.250. The minimum atomic E-state index is 0.702. The summed E-state index contributed by atoms with van der Waals surface area (Å²) in [4.78, 5) is 0. The smallest absolute Gasteiger partial charge is 0.0639 e. The van der Waals surface area contributed by atoms with E-state index in [1.807, 2.05) is 18.2 Å². The topological polar surface area (TPSA) is 21.3 Å². The Morgan fingerprint density at radius 2 is 2.12 bits per heavy atom. The predicted molar refractivity (Wildman–Crippen MR) is 77.9 cm³/mol. The van der Waals surface area contributed by atoms with Crippen LogP contribution in [0.2, 0.25) is 5.02 Å². The highest BCUT2D eigenvalue weighted by Gasteiger charge is 1.98. The highest BCUT2D eigenvalue weighted by atomic mass is 79.9. The number of anilines is 1. The molecular weight excluding hydrogens is 302 g/mol. The Labute approximate surface area is 117 Å². The van der Waals surface area contributed by atoms with Crippen LogP contribution in [0.15, 0.2) is 22.7 Å². The first kappa shape index (κ1) is 14.8. The maximum atomic E-state index is 5.99. The van der Waals surface area contributed by atoms with Crippen LogP contribution in [-0.4, -0.2) is 19.8 Å². The molecule has 4 heteroatoms. The summed E-state index contributed by atoms with van der Waals surface area (Å²) in [5.41, 5.74) is 1.02. The number of halogens is 2. The van der Waals surface area contributed by atoms with Crippen molar-refractivity contribution in [1.82, 2.24) is 0 Å².